The first-order valence-corrected chi connectivity index (χ1v) is 11.2. The topological polar surface area (TPSA) is 50.3 Å². The highest BCUT2D eigenvalue weighted by Crippen LogP contribution is 2.57. The number of benzene rings is 1. The summed E-state index contributed by atoms with van der Waals surface area (Å²) < 4.78 is 1.69. The van der Waals surface area contributed by atoms with Crippen molar-refractivity contribution in [1.29, 1.82) is 0 Å². The number of aromatic nitrogens is 2. The molecular weight excluding hydrogens is 382 g/mol. The molecule has 2 N–H and O–H groups in total. The highest BCUT2D eigenvalue weighted by molar-refractivity contribution is 6.31. The number of hydrogen-bond donors (Lipinski definition) is 1. The van der Waals surface area contributed by atoms with E-state index in [1.54, 1.807) is 4.68 Å². The van der Waals surface area contributed by atoms with Crippen molar-refractivity contribution in [1.82, 2.24) is 19.5 Å². The SMILES string of the molecule is C=CN1CC2(C1)C(=C)N(Cc1nc3ccc(Cl)cc3n1N)C1CCCCC12.CC. The maximum Gasteiger partial charge on any atom is 0.147 e. The third kappa shape index (κ3) is 3.02. The number of rotatable bonds is 3. The molecule has 3 fully saturated rings. The van der Waals surface area contributed by atoms with E-state index >= 15 is 0 Å². The van der Waals surface area contributed by atoms with Crippen LogP contribution in [0.4, 0.5) is 0 Å². The number of likely N-dealkylation sites (tertiary alicyclic amines) is 2. The number of halogens is 1. The van der Waals surface area contributed by atoms with Crippen LogP contribution in [0.3, 0.4) is 0 Å². The van der Waals surface area contributed by atoms with Gasteiger partial charge in [-0.15, -0.1) is 0 Å². The van der Waals surface area contributed by atoms with Crippen LogP contribution in [0.1, 0.15) is 45.4 Å². The molecule has 0 radical (unpaired) electrons. The molecular formula is C23H32ClN5. The van der Waals surface area contributed by atoms with Crippen molar-refractivity contribution in [3.8, 4) is 0 Å². The normalized spacial score (nSPS) is 24.9. The Morgan fingerprint density at radius 2 is 2.00 bits per heavy atom. The average molecular weight is 414 g/mol. The second-order valence-corrected chi connectivity index (χ2v) is 8.74. The lowest BCUT2D eigenvalue weighted by molar-refractivity contribution is 0.0193. The van der Waals surface area contributed by atoms with Crippen LogP contribution in [0.25, 0.3) is 11.0 Å². The van der Waals surface area contributed by atoms with Crippen molar-refractivity contribution in [2.75, 3.05) is 18.9 Å². The van der Waals surface area contributed by atoms with Gasteiger partial charge >= 0.3 is 0 Å². The van der Waals surface area contributed by atoms with Gasteiger partial charge in [0, 0.05) is 35.3 Å². The smallest absolute Gasteiger partial charge is 0.147 e. The fourth-order valence-corrected chi connectivity index (χ4v) is 5.81. The number of nitrogens with zero attached hydrogens (tertiary/aromatic N) is 4. The van der Waals surface area contributed by atoms with Gasteiger partial charge in [0.15, 0.2) is 0 Å². The third-order valence-electron chi connectivity index (χ3n) is 7.03. The minimum absolute atomic E-state index is 0.202. The second kappa shape index (κ2) is 7.60. The summed E-state index contributed by atoms with van der Waals surface area (Å²) in [4.78, 5) is 9.58. The van der Waals surface area contributed by atoms with Gasteiger partial charge in [0.05, 0.1) is 17.6 Å². The van der Waals surface area contributed by atoms with E-state index in [-0.39, 0.29) is 5.41 Å². The molecule has 2 aliphatic heterocycles. The minimum atomic E-state index is 0.202. The van der Waals surface area contributed by atoms with Crippen LogP contribution in [-0.2, 0) is 6.54 Å². The molecule has 2 atom stereocenters. The van der Waals surface area contributed by atoms with Gasteiger partial charge in [-0.2, -0.15) is 0 Å². The Morgan fingerprint density at radius 3 is 2.72 bits per heavy atom. The molecule has 1 aromatic heterocycles. The van der Waals surface area contributed by atoms with Gasteiger partial charge < -0.3 is 15.6 Å². The largest absolute Gasteiger partial charge is 0.376 e. The quantitative estimate of drug-likeness (QED) is 0.737. The van der Waals surface area contributed by atoms with Crippen LogP contribution in [0.5, 0.6) is 0 Å². The fraction of sp³-hybridized carbons (Fsp3) is 0.522. The van der Waals surface area contributed by atoms with Gasteiger partial charge in [0.1, 0.15) is 5.82 Å². The molecule has 3 aliphatic rings. The summed E-state index contributed by atoms with van der Waals surface area (Å²) in [6.45, 7) is 15.3. The number of nitrogen functional groups attached to an aromatic ring is 1. The van der Waals surface area contributed by atoms with Gasteiger partial charge in [-0.3, -0.25) is 0 Å². The highest BCUT2D eigenvalue weighted by Gasteiger charge is 2.60. The van der Waals surface area contributed by atoms with Crippen LogP contribution in [0.15, 0.2) is 43.3 Å². The molecule has 3 heterocycles. The Morgan fingerprint density at radius 1 is 1.28 bits per heavy atom. The zero-order chi connectivity index (χ0) is 20.8. The predicted octanol–water partition coefficient (Wildman–Crippen LogP) is 4.76. The summed E-state index contributed by atoms with van der Waals surface area (Å²) in [5, 5.41) is 0.677. The molecule has 1 saturated carbocycles. The summed E-state index contributed by atoms with van der Waals surface area (Å²) >= 11 is 6.14. The molecule has 0 amide bonds. The van der Waals surface area contributed by atoms with Crippen molar-refractivity contribution in [2.24, 2.45) is 11.3 Å². The molecule has 5 nitrogen and oxygen atoms in total. The first-order valence-electron chi connectivity index (χ1n) is 10.8. The zero-order valence-electron chi connectivity index (χ0n) is 17.6. The van der Waals surface area contributed by atoms with Crippen LogP contribution in [0.2, 0.25) is 5.02 Å². The van der Waals surface area contributed by atoms with Gasteiger partial charge in [0.25, 0.3) is 0 Å². The minimum Gasteiger partial charge on any atom is -0.376 e. The summed E-state index contributed by atoms with van der Waals surface area (Å²) in [5.41, 5.74) is 3.23. The third-order valence-corrected chi connectivity index (χ3v) is 7.26. The molecule has 1 aromatic carbocycles. The molecule has 2 aromatic rings. The number of fused-ring (bicyclic) bond motifs is 3. The van der Waals surface area contributed by atoms with E-state index in [9.17, 15) is 0 Å². The second-order valence-electron chi connectivity index (χ2n) is 8.31. The molecule has 1 spiro atoms. The van der Waals surface area contributed by atoms with E-state index in [2.05, 4.69) is 23.0 Å². The first-order chi connectivity index (χ1) is 14.0. The molecule has 0 bridgehead atoms. The summed E-state index contributed by atoms with van der Waals surface area (Å²) in [7, 11) is 0. The van der Waals surface area contributed by atoms with Gasteiger partial charge in [0.2, 0.25) is 0 Å². The Balaban J connectivity index is 0.000000994. The van der Waals surface area contributed by atoms with Crippen LogP contribution < -0.4 is 5.84 Å². The molecule has 29 heavy (non-hydrogen) atoms. The lowest BCUT2D eigenvalue weighted by atomic mass is 9.64. The summed E-state index contributed by atoms with van der Waals surface area (Å²) in [5.74, 6) is 7.93. The molecule has 2 saturated heterocycles. The molecule has 6 heteroatoms. The van der Waals surface area contributed by atoms with E-state index in [1.807, 2.05) is 38.2 Å². The standard InChI is InChI=1S/C21H26ClN5.C2H6/c1-3-25-12-21(13-25)14(2)26(18-7-5-4-6-16(18)21)11-20-24-17-9-8-15(22)10-19(17)27(20)23;1-2/h3,8-10,16,18H,1-2,4-7,11-13,23H2;1-2H3. The van der Waals surface area contributed by atoms with Gasteiger partial charge in [-0.25, -0.2) is 9.66 Å². The maximum atomic E-state index is 6.37. The molecule has 156 valence electrons. The summed E-state index contributed by atoms with van der Waals surface area (Å²) in [6.07, 6.45) is 7.10. The Hall–Kier alpha value is -2.14. The average Bonchev–Trinajstić information content (AvgIpc) is 3.15. The van der Waals surface area contributed by atoms with Crippen LogP contribution >= 0.6 is 11.6 Å². The molecule has 5 rings (SSSR count). The zero-order valence-corrected chi connectivity index (χ0v) is 18.3. The van der Waals surface area contributed by atoms with Crippen molar-refractivity contribution in [2.45, 2.75) is 52.1 Å². The van der Waals surface area contributed by atoms with Gasteiger partial charge in [-0.1, -0.05) is 51.4 Å². The fourth-order valence-electron chi connectivity index (χ4n) is 5.65. The van der Waals surface area contributed by atoms with Crippen LogP contribution in [-0.4, -0.2) is 38.6 Å². The van der Waals surface area contributed by atoms with Crippen LogP contribution in [0, 0.1) is 11.3 Å². The lowest BCUT2D eigenvalue weighted by Gasteiger charge is -2.52. The predicted molar refractivity (Wildman–Crippen MR) is 121 cm³/mol. The molecule has 1 aliphatic carbocycles. The van der Waals surface area contributed by atoms with Crippen molar-refractivity contribution < 1.29 is 0 Å². The number of nitrogens with two attached hydrogens (primary N) is 1. The van der Waals surface area contributed by atoms with E-state index in [1.165, 1.54) is 31.4 Å². The highest BCUT2D eigenvalue weighted by atomic mass is 35.5. The van der Waals surface area contributed by atoms with Crippen molar-refractivity contribution >= 4 is 22.6 Å². The van der Waals surface area contributed by atoms with E-state index in [0.717, 1.165) is 29.9 Å². The molecule has 2 unspecified atom stereocenters. The maximum absolute atomic E-state index is 6.37. The van der Waals surface area contributed by atoms with E-state index < -0.39 is 0 Å². The monoisotopic (exact) mass is 413 g/mol. The Labute approximate surface area is 178 Å². The van der Waals surface area contributed by atoms with Crippen molar-refractivity contribution in [3.63, 3.8) is 0 Å². The van der Waals surface area contributed by atoms with E-state index in [4.69, 9.17) is 22.4 Å². The van der Waals surface area contributed by atoms with E-state index in [0.29, 0.717) is 23.5 Å². The van der Waals surface area contributed by atoms with Gasteiger partial charge in [-0.05, 0) is 43.2 Å². The Kier molecular flexibility index (Phi) is 5.28. The first kappa shape index (κ1) is 20.1. The Bertz CT molecular complexity index is 927. The lowest BCUT2D eigenvalue weighted by Crippen LogP contribution is -2.57. The van der Waals surface area contributed by atoms with Crippen molar-refractivity contribution in [3.05, 3.63) is 54.1 Å². The summed E-state index contributed by atoms with van der Waals surface area (Å²) in [6, 6.07) is 6.22. The number of hydrogen-bond acceptors (Lipinski definition) is 4. The number of imidazole rings is 1.